The lowest BCUT2D eigenvalue weighted by Gasteiger charge is -2.23. The molecule has 1 N–H and O–H groups in total. The van der Waals surface area contributed by atoms with Crippen molar-refractivity contribution in [2.24, 2.45) is 0 Å². The van der Waals surface area contributed by atoms with E-state index < -0.39 is 5.97 Å². The van der Waals surface area contributed by atoms with Crippen LogP contribution in [0, 0.1) is 6.92 Å². The van der Waals surface area contributed by atoms with Gasteiger partial charge in [-0.1, -0.05) is 60.2 Å². The molecular formula is C28H31NO5. The van der Waals surface area contributed by atoms with E-state index in [0.29, 0.717) is 31.0 Å². The number of hydrogen-bond donors (Lipinski definition) is 1. The number of carbonyl (C=O) groups is 2. The summed E-state index contributed by atoms with van der Waals surface area (Å²) in [5, 5.41) is 9.21. The van der Waals surface area contributed by atoms with Crippen LogP contribution in [0.1, 0.15) is 29.2 Å². The predicted octanol–water partition coefficient (Wildman–Crippen LogP) is 4.86. The largest absolute Gasteiger partial charge is 0.496 e. The van der Waals surface area contributed by atoms with Gasteiger partial charge in [0.1, 0.15) is 12.4 Å². The maximum absolute atomic E-state index is 12.9. The highest BCUT2D eigenvalue weighted by molar-refractivity contribution is 5.79. The van der Waals surface area contributed by atoms with Gasteiger partial charge in [-0.2, -0.15) is 0 Å². The Morgan fingerprint density at radius 2 is 1.71 bits per heavy atom. The van der Waals surface area contributed by atoms with Crippen molar-refractivity contribution in [3.8, 4) is 16.9 Å². The maximum atomic E-state index is 12.9. The molecule has 3 aromatic carbocycles. The van der Waals surface area contributed by atoms with Crippen LogP contribution in [0.4, 0.5) is 0 Å². The van der Waals surface area contributed by atoms with Crippen molar-refractivity contribution in [3.05, 3.63) is 89.0 Å². The Morgan fingerprint density at radius 1 is 0.941 bits per heavy atom. The minimum Gasteiger partial charge on any atom is -0.496 e. The van der Waals surface area contributed by atoms with E-state index >= 15 is 0 Å². The number of carboxylic acids is 1. The summed E-state index contributed by atoms with van der Waals surface area (Å²) in [7, 11) is 1.59. The Kier molecular flexibility index (Phi) is 8.82. The predicted molar refractivity (Wildman–Crippen MR) is 132 cm³/mol. The molecule has 0 aliphatic rings. The summed E-state index contributed by atoms with van der Waals surface area (Å²) in [5.41, 5.74) is 5.46. The first kappa shape index (κ1) is 25.0. The normalized spacial score (nSPS) is 10.7. The molecule has 178 valence electrons. The van der Waals surface area contributed by atoms with E-state index in [1.807, 2.05) is 62.4 Å². The second-order valence-corrected chi connectivity index (χ2v) is 8.15. The van der Waals surface area contributed by atoms with Crippen molar-refractivity contribution >= 4 is 11.9 Å². The van der Waals surface area contributed by atoms with Crippen LogP contribution >= 0.6 is 0 Å². The van der Waals surface area contributed by atoms with Crippen molar-refractivity contribution in [1.82, 2.24) is 4.90 Å². The van der Waals surface area contributed by atoms with Gasteiger partial charge in [-0.05, 0) is 48.2 Å². The summed E-state index contributed by atoms with van der Waals surface area (Å²) >= 11 is 0. The summed E-state index contributed by atoms with van der Waals surface area (Å²) in [5.74, 6) is -0.323. The van der Waals surface area contributed by atoms with Crippen LogP contribution in [0.25, 0.3) is 11.1 Å². The molecule has 0 aliphatic heterocycles. The Balaban J connectivity index is 1.82. The highest BCUT2D eigenvalue weighted by Crippen LogP contribution is 2.34. The molecule has 6 heteroatoms. The molecule has 1 amide bonds. The van der Waals surface area contributed by atoms with Gasteiger partial charge in [0.05, 0.1) is 20.1 Å². The highest BCUT2D eigenvalue weighted by atomic mass is 16.5. The number of nitrogens with zero attached hydrogens (tertiary/aromatic N) is 1. The second kappa shape index (κ2) is 12.0. The number of amides is 1. The molecule has 0 fully saturated rings. The third kappa shape index (κ3) is 6.68. The molecule has 0 saturated carbocycles. The van der Waals surface area contributed by atoms with Crippen molar-refractivity contribution in [1.29, 1.82) is 0 Å². The van der Waals surface area contributed by atoms with E-state index in [1.165, 1.54) is 0 Å². The maximum Gasteiger partial charge on any atom is 0.307 e. The van der Waals surface area contributed by atoms with Gasteiger partial charge in [0.15, 0.2) is 0 Å². The average molecular weight is 462 g/mol. The SMILES string of the molecule is CCN(Cc1cc(C)ccc1-c1cc(CC(=O)O)ccc1OC)C(=O)COCc1ccccc1. The third-order valence-corrected chi connectivity index (χ3v) is 5.60. The highest BCUT2D eigenvalue weighted by Gasteiger charge is 2.18. The van der Waals surface area contributed by atoms with Gasteiger partial charge >= 0.3 is 5.97 Å². The zero-order chi connectivity index (χ0) is 24.5. The number of likely N-dealkylation sites (N-methyl/N-ethyl adjacent to an activating group) is 1. The molecule has 0 aliphatic carbocycles. The fraction of sp³-hybridized carbons (Fsp3) is 0.286. The molecule has 0 heterocycles. The van der Waals surface area contributed by atoms with E-state index in [9.17, 15) is 14.7 Å². The number of hydrogen-bond acceptors (Lipinski definition) is 4. The van der Waals surface area contributed by atoms with Crippen LogP contribution < -0.4 is 4.74 Å². The van der Waals surface area contributed by atoms with Crippen LogP contribution in [0.3, 0.4) is 0 Å². The molecule has 3 rings (SSSR count). The van der Waals surface area contributed by atoms with Gasteiger partial charge in [-0.3, -0.25) is 9.59 Å². The molecule has 0 radical (unpaired) electrons. The van der Waals surface area contributed by atoms with Crippen molar-refractivity contribution < 1.29 is 24.2 Å². The van der Waals surface area contributed by atoms with Crippen LogP contribution in [-0.2, 0) is 33.9 Å². The number of rotatable bonds is 11. The molecular weight excluding hydrogens is 430 g/mol. The first-order valence-corrected chi connectivity index (χ1v) is 11.3. The summed E-state index contributed by atoms with van der Waals surface area (Å²) in [6.45, 7) is 5.28. The lowest BCUT2D eigenvalue weighted by Crippen LogP contribution is -2.33. The summed E-state index contributed by atoms with van der Waals surface area (Å²) < 4.78 is 11.2. The number of carbonyl (C=O) groups excluding carboxylic acids is 1. The molecule has 6 nitrogen and oxygen atoms in total. The van der Waals surface area contributed by atoms with Crippen LogP contribution in [-0.4, -0.2) is 42.1 Å². The molecule has 0 atom stereocenters. The first-order chi connectivity index (χ1) is 16.4. The lowest BCUT2D eigenvalue weighted by molar-refractivity contribution is -0.137. The van der Waals surface area contributed by atoms with E-state index in [4.69, 9.17) is 9.47 Å². The quantitative estimate of drug-likeness (QED) is 0.441. The van der Waals surface area contributed by atoms with Crippen LogP contribution in [0.5, 0.6) is 5.75 Å². The van der Waals surface area contributed by atoms with E-state index in [1.54, 1.807) is 24.1 Å². The molecule has 3 aromatic rings. The van der Waals surface area contributed by atoms with Crippen molar-refractivity contribution in [2.45, 2.75) is 33.4 Å². The lowest BCUT2D eigenvalue weighted by atomic mass is 9.94. The fourth-order valence-electron chi connectivity index (χ4n) is 3.87. The minimum atomic E-state index is -0.890. The van der Waals surface area contributed by atoms with Gasteiger partial charge in [0.25, 0.3) is 0 Å². The average Bonchev–Trinajstić information content (AvgIpc) is 2.83. The molecule has 0 aromatic heterocycles. The number of carboxylic acid groups (broad SMARTS) is 1. The van der Waals surface area contributed by atoms with E-state index in [2.05, 4.69) is 6.07 Å². The molecule has 34 heavy (non-hydrogen) atoms. The topological polar surface area (TPSA) is 76.1 Å². The smallest absolute Gasteiger partial charge is 0.307 e. The summed E-state index contributed by atoms with van der Waals surface area (Å²) in [6, 6.07) is 21.2. The van der Waals surface area contributed by atoms with E-state index in [0.717, 1.165) is 27.8 Å². The summed E-state index contributed by atoms with van der Waals surface area (Å²) in [4.78, 5) is 25.9. The van der Waals surface area contributed by atoms with Gasteiger partial charge in [0, 0.05) is 18.7 Å². The zero-order valence-electron chi connectivity index (χ0n) is 19.9. The molecule has 0 bridgehead atoms. The standard InChI is InChI=1S/C28H31NO5/c1-4-29(27(30)19-34-18-21-8-6-5-7-9-21)17-23-14-20(2)10-12-24(23)25-15-22(16-28(31)32)11-13-26(25)33-3/h5-15H,4,16-19H2,1-3H3,(H,31,32). The zero-order valence-corrected chi connectivity index (χ0v) is 19.9. The number of ether oxygens (including phenoxy) is 2. The van der Waals surface area contributed by atoms with Gasteiger partial charge < -0.3 is 19.5 Å². The number of methoxy groups -OCH3 is 1. The Morgan fingerprint density at radius 3 is 2.38 bits per heavy atom. The Hall–Kier alpha value is -3.64. The minimum absolute atomic E-state index is 0.00129. The van der Waals surface area contributed by atoms with Gasteiger partial charge in [-0.15, -0.1) is 0 Å². The van der Waals surface area contributed by atoms with Gasteiger partial charge in [-0.25, -0.2) is 0 Å². The van der Waals surface area contributed by atoms with Crippen molar-refractivity contribution in [2.75, 3.05) is 20.3 Å². The molecule has 0 saturated heterocycles. The summed E-state index contributed by atoms with van der Waals surface area (Å²) in [6.07, 6.45) is -0.0729. The fourth-order valence-corrected chi connectivity index (χ4v) is 3.87. The first-order valence-electron chi connectivity index (χ1n) is 11.3. The van der Waals surface area contributed by atoms with Crippen LogP contribution in [0.15, 0.2) is 66.7 Å². The Bertz CT molecular complexity index is 1130. The van der Waals surface area contributed by atoms with E-state index in [-0.39, 0.29) is 18.9 Å². The van der Waals surface area contributed by atoms with Crippen LogP contribution in [0.2, 0.25) is 0 Å². The Labute approximate surface area is 200 Å². The third-order valence-electron chi connectivity index (χ3n) is 5.60. The molecule has 0 spiro atoms. The van der Waals surface area contributed by atoms with Crippen molar-refractivity contribution in [3.63, 3.8) is 0 Å². The molecule has 0 unspecified atom stereocenters. The van der Waals surface area contributed by atoms with Gasteiger partial charge in [0.2, 0.25) is 5.91 Å². The second-order valence-electron chi connectivity index (χ2n) is 8.15. The number of aliphatic carboxylic acids is 1. The number of benzene rings is 3. The monoisotopic (exact) mass is 461 g/mol. The number of aryl methyl sites for hydroxylation is 1.